The van der Waals surface area contributed by atoms with Crippen molar-refractivity contribution in [2.75, 3.05) is 6.73 Å². The van der Waals surface area contributed by atoms with E-state index in [1.54, 1.807) is 12.1 Å². The number of nitrogens with two attached hydrogens (primary N) is 1. The zero-order chi connectivity index (χ0) is 8.10. The van der Waals surface area contributed by atoms with E-state index in [4.69, 9.17) is 10.4 Å². The molecule has 3 N–H and O–H groups in total. The van der Waals surface area contributed by atoms with Crippen LogP contribution in [-0.2, 0) is 4.65 Å². The summed E-state index contributed by atoms with van der Waals surface area (Å²) < 4.78 is 4.76. The Morgan fingerprint density at radius 1 is 1.36 bits per heavy atom. The first-order chi connectivity index (χ1) is 5.34. The van der Waals surface area contributed by atoms with E-state index < -0.39 is 7.12 Å². The predicted molar refractivity (Wildman–Crippen MR) is 44.2 cm³/mol. The molecule has 0 saturated heterocycles. The molecule has 4 heteroatoms. The van der Waals surface area contributed by atoms with Gasteiger partial charge in [0.25, 0.3) is 0 Å². The predicted octanol–water partition coefficient (Wildman–Crippen LogP) is -0.693. The molecule has 3 nitrogen and oxygen atoms in total. The monoisotopic (exact) mass is 151 g/mol. The van der Waals surface area contributed by atoms with E-state index in [0.717, 1.165) is 5.46 Å². The van der Waals surface area contributed by atoms with Crippen molar-refractivity contribution in [3.05, 3.63) is 30.3 Å². The lowest BCUT2D eigenvalue weighted by atomic mass is 9.80. The molecule has 0 atom stereocenters. The van der Waals surface area contributed by atoms with Crippen LogP contribution in [0.3, 0.4) is 0 Å². The molecule has 11 heavy (non-hydrogen) atoms. The molecule has 1 rings (SSSR count). The van der Waals surface area contributed by atoms with Crippen LogP contribution in [0.15, 0.2) is 30.3 Å². The minimum Gasteiger partial charge on any atom is -0.423 e. The summed E-state index contributed by atoms with van der Waals surface area (Å²) in [4.78, 5) is 0. The van der Waals surface area contributed by atoms with E-state index in [9.17, 15) is 5.02 Å². The normalized spacial score (nSPS) is 9.64. The fourth-order valence-electron chi connectivity index (χ4n) is 0.805. The van der Waals surface area contributed by atoms with Crippen molar-refractivity contribution in [1.29, 1.82) is 0 Å². The largest absolute Gasteiger partial charge is 0.492 e. The smallest absolute Gasteiger partial charge is 0.423 e. The molecule has 0 aromatic heterocycles. The number of hydrogen-bond donors (Lipinski definition) is 2. The fourth-order valence-corrected chi connectivity index (χ4v) is 0.805. The Kier molecular flexibility index (Phi) is 3.10. The van der Waals surface area contributed by atoms with Gasteiger partial charge in [0.05, 0.1) is 6.73 Å². The molecular formula is C7H10BNO2. The molecule has 0 radical (unpaired) electrons. The molecule has 1 aromatic carbocycles. The molecule has 0 unspecified atom stereocenters. The first kappa shape index (κ1) is 8.26. The van der Waals surface area contributed by atoms with Crippen molar-refractivity contribution >= 4 is 12.6 Å². The topological polar surface area (TPSA) is 55.5 Å². The van der Waals surface area contributed by atoms with Crippen LogP contribution in [0.4, 0.5) is 0 Å². The molecule has 0 bridgehead atoms. The van der Waals surface area contributed by atoms with Crippen LogP contribution in [0, 0.1) is 0 Å². The standard InChI is InChI=1S/C7H10BNO2/c9-6-11-8(10)7-4-2-1-3-5-7/h1-5,10H,6,9H2. The van der Waals surface area contributed by atoms with Crippen LogP contribution in [0.2, 0.25) is 0 Å². The Labute approximate surface area is 65.9 Å². The van der Waals surface area contributed by atoms with Crippen LogP contribution in [-0.4, -0.2) is 18.9 Å². The molecule has 1 aromatic rings. The van der Waals surface area contributed by atoms with Crippen LogP contribution in [0.25, 0.3) is 0 Å². The summed E-state index contributed by atoms with van der Waals surface area (Å²) in [7, 11) is -0.902. The number of hydrogen-bond acceptors (Lipinski definition) is 3. The van der Waals surface area contributed by atoms with Crippen molar-refractivity contribution in [3.8, 4) is 0 Å². The van der Waals surface area contributed by atoms with Crippen molar-refractivity contribution in [1.82, 2.24) is 0 Å². The average Bonchev–Trinajstić information content (AvgIpc) is 2.07. The zero-order valence-corrected chi connectivity index (χ0v) is 6.10. The molecule has 0 aliphatic carbocycles. The summed E-state index contributed by atoms with van der Waals surface area (Å²) in [5, 5.41) is 9.22. The SMILES string of the molecule is NCOB(O)c1ccccc1. The van der Waals surface area contributed by atoms with Gasteiger partial charge in [-0.1, -0.05) is 30.3 Å². The lowest BCUT2D eigenvalue weighted by Crippen LogP contribution is -2.35. The first-order valence-electron chi connectivity index (χ1n) is 3.39. The summed E-state index contributed by atoms with van der Waals surface area (Å²) in [6, 6.07) is 9.09. The fraction of sp³-hybridized carbons (Fsp3) is 0.143. The maximum absolute atomic E-state index is 9.22. The second kappa shape index (κ2) is 4.13. The van der Waals surface area contributed by atoms with E-state index in [1.807, 2.05) is 18.2 Å². The second-order valence-electron chi connectivity index (χ2n) is 2.10. The highest BCUT2D eigenvalue weighted by Gasteiger charge is 2.13. The Morgan fingerprint density at radius 3 is 2.55 bits per heavy atom. The highest BCUT2D eigenvalue weighted by molar-refractivity contribution is 6.59. The van der Waals surface area contributed by atoms with Gasteiger partial charge < -0.3 is 15.4 Å². The van der Waals surface area contributed by atoms with E-state index in [1.165, 1.54) is 0 Å². The quantitative estimate of drug-likeness (QED) is 0.443. The van der Waals surface area contributed by atoms with Crippen LogP contribution in [0.5, 0.6) is 0 Å². The van der Waals surface area contributed by atoms with Gasteiger partial charge in [-0.25, -0.2) is 0 Å². The number of benzene rings is 1. The molecule has 0 heterocycles. The highest BCUT2D eigenvalue weighted by Crippen LogP contribution is 1.86. The van der Waals surface area contributed by atoms with Gasteiger partial charge >= 0.3 is 7.12 Å². The molecule has 0 aliphatic rings. The molecule has 0 aliphatic heterocycles. The van der Waals surface area contributed by atoms with Crippen LogP contribution in [0.1, 0.15) is 0 Å². The van der Waals surface area contributed by atoms with Gasteiger partial charge in [-0.3, -0.25) is 0 Å². The summed E-state index contributed by atoms with van der Waals surface area (Å²) in [5.74, 6) is 0. The number of rotatable bonds is 3. The molecular weight excluding hydrogens is 141 g/mol. The van der Waals surface area contributed by atoms with E-state index in [0.29, 0.717) is 0 Å². The third kappa shape index (κ3) is 2.34. The van der Waals surface area contributed by atoms with Crippen LogP contribution < -0.4 is 11.2 Å². The van der Waals surface area contributed by atoms with E-state index >= 15 is 0 Å². The van der Waals surface area contributed by atoms with Crippen molar-refractivity contribution in [2.45, 2.75) is 0 Å². The maximum atomic E-state index is 9.22. The van der Waals surface area contributed by atoms with E-state index in [-0.39, 0.29) is 6.73 Å². The molecule has 0 amide bonds. The second-order valence-corrected chi connectivity index (χ2v) is 2.10. The third-order valence-corrected chi connectivity index (χ3v) is 1.34. The van der Waals surface area contributed by atoms with Crippen LogP contribution >= 0.6 is 0 Å². The Hall–Kier alpha value is -0.835. The van der Waals surface area contributed by atoms with Gasteiger partial charge in [-0.05, 0) is 5.46 Å². The minimum absolute atomic E-state index is 0.0239. The van der Waals surface area contributed by atoms with Gasteiger partial charge in [0.15, 0.2) is 0 Å². The summed E-state index contributed by atoms with van der Waals surface area (Å²) >= 11 is 0. The molecule has 0 fully saturated rings. The van der Waals surface area contributed by atoms with Crippen molar-refractivity contribution < 1.29 is 9.68 Å². The minimum atomic E-state index is -0.902. The Balaban J connectivity index is 2.61. The molecule has 58 valence electrons. The summed E-state index contributed by atoms with van der Waals surface area (Å²) in [5.41, 5.74) is 5.80. The summed E-state index contributed by atoms with van der Waals surface area (Å²) in [6.07, 6.45) is 0. The first-order valence-corrected chi connectivity index (χ1v) is 3.39. The van der Waals surface area contributed by atoms with Gasteiger partial charge in [0.1, 0.15) is 0 Å². The van der Waals surface area contributed by atoms with Gasteiger partial charge in [-0.15, -0.1) is 0 Å². The molecule has 0 spiro atoms. The lowest BCUT2D eigenvalue weighted by Gasteiger charge is -2.04. The Morgan fingerprint density at radius 2 is 2.00 bits per heavy atom. The Bertz CT molecular complexity index is 205. The van der Waals surface area contributed by atoms with Crippen molar-refractivity contribution in [2.24, 2.45) is 5.73 Å². The molecule has 0 saturated carbocycles. The highest BCUT2D eigenvalue weighted by atomic mass is 16.5. The third-order valence-electron chi connectivity index (χ3n) is 1.34. The van der Waals surface area contributed by atoms with Gasteiger partial charge in [0.2, 0.25) is 0 Å². The lowest BCUT2D eigenvalue weighted by molar-refractivity contribution is 0.279. The van der Waals surface area contributed by atoms with E-state index in [2.05, 4.69) is 0 Å². The van der Waals surface area contributed by atoms with Gasteiger partial charge in [0, 0.05) is 0 Å². The average molecular weight is 151 g/mol. The zero-order valence-electron chi connectivity index (χ0n) is 6.10. The maximum Gasteiger partial charge on any atom is 0.492 e. The van der Waals surface area contributed by atoms with Gasteiger partial charge in [-0.2, -0.15) is 0 Å². The van der Waals surface area contributed by atoms with Crippen molar-refractivity contribution in [3.63, 3.8) is 0 Å². The summed E-state index contributed by atoms with van der Waals surface area (Å²) in [6.45, 7) is 0.0239.